The predicted molar refractivity (Wildman–Crippen MR) is 121 cm³/mol. The minimum absolute atomic E-state index is 0.153. The van der Waals surface area contributed by atoms with Crippen LogP contribution in [-0.2, 0) is 32.1 Å². The number of imide groups is 1. The summed E-state index contributed by atoms with van der Waals surface area (Å²) in [7, 11) is 0. The van der Waals surface area contributed by atoms with Crippen LogP contribution in [-0.4, -0.2) is 58.8 Å². The number of nitrogens with one attached hydrogen (secondary N) is 1. The van der Waals surface area contributed by atoms with Crippen molar-refractivity contribution in [3.63, 3.8) is 0 Å². The van der Waals surface area contributed by atoms with Crippen molar-refractivity contribution in [1.29, 1.82) is 0 Å². The maximum atomic E-state index is 13.0. The van der Waals surface area contributed by atoms with Crippen molar-refractivity contribution in [1.82, 2.24) is 15.1 Å². The first kappa shape index (κ1) is 23.3. The lowest BCUT2D eigenvalue weighted by Crippen LogP contribution is -2.50. The molecule has 1 aromatic rings. The molecule has 0 aromatic heterocycles. The molecule has 0 atom stereocenters. The first-order chi connectivity index (χ1) is 15.6. The summed E-state index contributed by atoms with van der Waals surface area (Å²) in [6.45, 7) is 6.75. The molecule has 3 aliphatic rings. The van der Waals surface area contributed by atoms with Gasteiger partial charge in [0.2, 0.25) is 0 Å². The molecule has 33 heavy (non-hydrogen) atoms. The van der Waals surface area contributed by atoms with Gasteiger partial charge in [-0.25, -0.2) is 4.79 Å². The predicted octanol–water partition coefficient (Wildman–Crippen LogP) is 2.64. The number of amides is 4. The van der Waals surface area contributed by atoms with Crippen LogP contribution in [0.3, 0.4) is 0 Å². The Balaban J connectivity index is 1.28. The van der Waals surface area contributed by atoms with Crippen LogP contribution >= 0.6 is 0 Å². The van der Waals surface area contributed by atoms with E-state index >= 15 is 0 Å². The Hall–Kier alpha value is -2.90. The van der Waals surface area contributed by atoms with Crippen LogP contribution in [0.4, 0.5) is 4.79 Å². The number of carbonyl (C=O) groups is 4. The zero-order valence-corrected chi connectivity index (χ0v) is 19.7. The molecule has 2 heterocycles. The van der Waals surface area contributed by atoms with E-state index in [0.29, 0.717) is 31.8 Å². The van der Waals surface area contributed by atoms with E-state index < -0.39 is 30.7 Å². The fraction of sp³-hybridized carbons (Fsp3) is 0.600. The summed E-state index contributed by atoms with van der Waals surface area (Å²) in [6.07, 6.45) is 3.60. The summed E-state index contributed by atoms with van der Waals surface area (Å²) < 4.78 is 5.14. The molecule has 1 saturated heterocycles. The molecule has 4 rings (SSSR count). The minimum Gasteiger partial charge on any atom is -0.454 e. The van der Waals surface area contributed by atoms with Gasteiger partial charge >= 0.3 is 12.0 Å². The highest BCUT2D eigenvalue weighted by Crippen LogP contribution is 2.43. The summed E-state index contributed by atoms with van der Waals surface area (Å²) in [5.41, 5.74) is 1.55. The molecule has 2 aliphatic heterocycles. The van der Waals surface area contributed by atoms with E-state index in [4.69, 9.17) is 4.74 Å². The zero-order chi connectivity index (χ0) is 23.8. The monoisotopic (exact) mass is 455 g/mol. The fourth-order valence-electron chi connectivity index (χ4n) is 5.25. The lowest BCUT2D eigenvalue weighted by atomic mass is 9.67. The molecular weight excluding hydrogens is 422 g/mol. The summed E-state index contributed by atoms with van der Waals surface area (Å²) in [4.78, 5) is 53.0. The average Bonchev–Trinajstić information content (AvgIpc) is 3.00. The Morgan fingerprint density at radius 1 is 1.12 bits per heavy atom. The van der Waals surface area contributed by atoms with Gasteiger partial charge in [0.05, 0.1) is 0 Å². The number of esters is 1. The molecule has 1 spiro atoms. The van der Waals surface area contributed by atoms with Gasteiger partial charge in [-0.05, 0) is 54.6 Å². The second-order valence-corrected chi connectivity index (χ2v) is 10.5. The average molecular weight is 456 g/mol. The summed E-state index contributed by atoms with van der Waals surface area (Å²) >= 11 is 0. The number of fused-ring (bicyclic) bond motifs is 1. The topological polar surface area (TPSA) is 96.0 Å². The summed E-state index contributed by atoms with van der Waals surface area (Å²) in [6, 6.07) is 7.40. The zero-order valence-electron chi connectivity index (χ0n) is 19.7. The van der Waals surface area contributed by atoms with E-state index in [-0.39, 0.29) is 17.2 Å². The molecule has 0 unspecified atom stereocenters. The maximum absolute atomic E-state index is 13.0. The van der Waals surface area contributed by atoms with Crippen LogP contribution in [0, 0.1) is 11.3 Å². The van der Waals surface area contributed by atoms with Crippen molar-refractivity contribution in [3.8, 4) is 0 Å². The Bertz CT molecular complexity index is 959. The second-order valence-electron chi connectivity index (χ2n) is 10.5. The molecule has 8 nitrogen and oxygen atoms in total. The highest BCUT2D eigenvalue weighted by atomic mass is 16.5. The number of urea groups is 1. The number of nitrogens with zero attached hydrogens (tertiary/aromatic N) is 2. The van der Waals surface area contributed by atoms with Gasteiger partial charge in [0.15, 0.2) is 6.61 Å². The third kappa shape index (κ3) is 4.75. The number of carbonyl (C=O) groups excluding carboxylic acids is 4. The van der Waals surface area contributed by atoms with E-state index in [0.717, 1.165) is 29.7 Å². The highest BCUT2D eigenvalue weighted by molar-refractivity contribution is 6.08. The Kier molecular flexibility index (Phi) is 6.20. The quantitative estimate of drug-likeness (QED) is 0.556. The van der Waals surface area contributed by atoms with Crippen molar-refractivity contribution in [2.75, 3.05) is 19.7 Å². The molecule has 1 aromatic carbocycles. The molecule has 178 valence electrons. The third-order valence-electron chi connectivity index (χ3n) is 7.44. The SMILES string of the molecule is CC(C)(C)C1CCC2(CC1)NC(=O)N(CC(=O)OCC(=O)N1CCc3ccccc3C1)C2=O. The number of hydrogen-bond donors (Lipinski definition) is 1. The van der Waals surface area contributed by atoms with Crippen molar-refractivity contribution in [2.45, 2.75) is 65.0 Å². The van der Waals surface area contributed by atoms with Gasteiger partial charge < -0.3 is 15.0 Å². The highest BCUT2D eigenvalue weighted by Gasteiger charge is 2.53. The van der Waals surface area contributed by atoms with E-state index in [1.165, 1.54) is 5.56 Å². The summed E-state index contributed by atoms with van der Waals surface area (Å²) in [5, 5.41) is 2.83. The van der Waals surface area contributed by atoms with Gasteiger partial charge in [-0.3, -0.25) is 19.3 Å². The van der Waals surface area contributed by atoms with Crippen LogP contribution in [0.25, 0.3) is 0 Å². The Morgan fingerprint density at radius 3 is 2.45 bits per heavy atom. The maximum Gasteiger partial charge on any atom is 0.326 e. The first-order valence-corrected chi connectivity index (χ1v) is 11.7. The molecular formula is C25H33N3O5. The first-order valence-electron chi connectivity index (χ1n) is 11.7. The number of benzene rings is 1. The van der Waals surface area contributed by atoms with E-state index in [9.17, 15) is 19.2 Å². The van der Waals surface area contributed by atoms with Crippen LogP contribution < -0.4 is 5.32 Å². The second kappa shape index (κ2) is 8.80. The molecule has 1 saturated carbocycles. The molecule has 8 heteroatoms. The van der Waals surface area contributed by atoms with Crippen LogP contribution in [0.1, 0.15) is 57.6 Å². The normalized spacial score (nSPS) is 25.1. The van der Waals surface area contributed by atoms with E-state index in [2.05, 4.69) is 32.2 Å². The Morgan fingerprint density at radius 2 is 1.79 bits per heavy atom. The van der Waals surface area contributed by atoms with Gasteiger partial charge in [-0.1, -0.05) is 45.0 Å². The van der Waals surface area contributed by atoms with Gasteiger partial charge in [-0.15, -0.1) is 0 Å². The number of ether oxygens (including phenoxy) is 1. The van der Waals surface area contributed by atoms with Crippen molar-refractivity contribution >= 4 is 23.8 Å². The lowest BCUT2D eigenvalue weighted by molar-refractivity contribution is -0.154. The van der Waals surface area contributed by atoms with E-state index in [1.807, 2.05) is 18.2 Å². The molecule has 0 bridgehead atoms. The fourth-order valence-corrected chi connectivity index (χ4v) is 5.25. The van der Waals surface area contributed by atoms with Crippen LogP contribution in [0.5, 0.6) is 0 Å². The minimum atomic E-state index is -0.921. The van der Waals surface area contributed by atoms with Crippen molar-refractivity contribution in [2.24, 2.45) is 11.3 Å². The van der Waals surface area contributed by atoms with Gasteiger partial charge in [0.1, 0.15) is 12.1 Å². The molecule has 4 amide bonds. The molecule has 2 fully saturated rings. The van der Waals surface area contributed by atoms with Crippen LogP contribution in [0.2, 0.25) is 0 Å². The van der Waals surface area contributed by atoms with Gasteiger partial charge in [0.25, 0.3) is 11.8 Å². The molecule has 0 radical (unpaired) electrons. The smallest absolute Gasteiger partial charge is 0.326 e. The van der Waals surface area contributed by atoms with E-state index in [1.54, 1.807) is 4.90 Å². The summed E-state index contributed by atoms with van der Waals surface area (Å²) in [5.74, 6) is -0.924. The van der Waals surface area contributed by atoms with Crippen LogP contribution in [0.15, 0.2) is 24.3 Å². The van der Waals surface area contributed by atoms with Gasteiger partial charge in [-0.2, -0.15) is 0 Å². The van der Waals surface area contributed by atoms with Gasteiger partial charge in [0, 0.05) is 13.1 Å². The van der Waals surface area contributed by atoms with Crippen molar-refractivity contribution < 1.29 is 23.9 Å². The standard InChI is InChI=1S/C25H33N3O5/c1-24(2,3)19-8-11-25(12-9-19)22(31)28(23(32)26-25)15-21(30)33-16-20(29)27-13-10-17-6-4-5-7-18(17)14-27/h4-7,19H,8-16H2,1-3H3,(H,26,32). The Labute approximate surface area is 194 Å². The molecule has 1 aliphatic carbocycles. The number of rotatable bonds is 4. The van der Waals surface area contributed by atoms with Crippen molar-refractivity contribution in [3.05, 3.63) is 35.4 Å². The molecule has 1 N–H and O–H groups in total. The largest absolute Gasteiger partial charge is 0.454 e. The lowest BCUT2D eigenvalue weighted by Gasteiger charge is -2.40. The third-order valence-corrected chi connectivity index (χ3v) is 7.44. The number of hydrogen-bond acceptors (Lipinski definition) is 5.